The third-order valence-electron chi connectivity index (χ3n) is 5.74. The van der Waals surface area contributed by atoms with Gasteiger partial charge in [0, 0.05) is 50.3 Å². The second-order valence-electron chi connectivity index (χ2n) is 7.93. The van der Waals surface area contributed by atoms with E-state index in [1.807, 2.05) is 13.0 Å². The summed E-state index contributed by atoms with van der Waals surface area (Å²) in [6.07, 6.45) is 4.64. The number of nitrogens with zero attached hydrogens (tertiary/aromatic N) is 5. The molecule has 1 aromatic carbocycles. The predicted octanol–water partition coefficient (Wildman–Crippen LogP) is 3.06. The van der Waals surface area contributed by atoms with Gasteiger partial charge in [0.15, 0.2) is 0 Å². The standard InChI is InChI=1S/C20H23ClN6O2S.C2H3N/c1-11-9-14-13(10-23-26-14)16(17(11)21)15-4-3-12-18(27-7-5-22-6-8-27)24-20(30(2)28)25-19(12)29-15;1-2-3/h9-10,15,22H,3-8H2,1-2H3,(H,23,26);1H3. The van der Waals surface area contributed by atoms with Crippen molar-refractivity contribution in [3.63, 3.8) is 0 Å². The summed E-state index contributed by atoms with van der Waals surface area (Å²) in [5.41, 5.74) is 3.81. The zero-order chi connectivity index (χ0) is 23.5. The topological polar surface area (TPSA) is 120 Å². The lowest BCUT2D eigenvalue weighted by Gasteiger charge is -2.33. The number of ether oxygens (including phenoxy) is 1. The SMILES string of the molecule is CC#N.Cc1cc2[nH]ncc2c(C2CCc3c(nc(S(C)=O)nc3N3CCNCC3)O2)c1Cl. The summed E-state index contributed by atoms with van der Waals surface area (Å²) in [5, 5.41) is 19.8. The van der Waals surface area contributed by atoms with Crippen molar-refractivity contribution in [2.75, 3.05) is 37.3 Å². The third kappa shape index (κ3) is 4.67. The average Bonchev–Trinajstić information content (AvgIpc) is 3.27. The van der Waals surface area contributed by atoms with Crippen molar-refractivity contribution in [2.24, 2.45) is 0 Å². The van der Waals surface area contributed by atoms with Gasteiger partial charge in [0.1, 0.15) is 11.9 Å². The number of hydrogen-bond donors (Lipinski definition) is 2. The Bertz CT molecular complexity index is 1230. The minimum absolute atomic E-state index is 0.256. The number of anilines is 1. The van der Waals surface area contributed by atoms with E-state index in [0.717, 1.165) is 72.4 Å². The van der Waals surface area contributed by atoms with Crippen LogP contribution in [0.15, 0.2) is 17.4 Å². The van der Waals surface area contributed by atoms with E-state index in [9.17, 15) is 4.21 Å². The van der Waals surface area contributed by atoms with Crippen molar-refractivity contribution in [1.29, 1.82) is 5.26 Å². The van der Waals surface area contributed by atoms with E-state index in [2.05, 4.69) is 30.4 Å². The van der Waals surface area contributed by atoms with Crippen LogP contribution in [0.2, 0.25) is 5.02 Å². The highest BCUT2D eigenvalue weighted by atomic mass is 35.5. The van der Waals surface area contributed by atoms with Gasteiger partial charge in [-0.3, -0.25) is 9.31 Å². The van der Waals surface area contributed by atoms with Crippen molar-refractivity contribution in [3.05, 3.63) is 34.0 Å². The van der Waals surface area contributed by atoms with Gasteiger partial charge in [0.2, 0.25) is 11.0 Å². The second-order valence-corrected chi connectivity index (χ2v) is 9.58. The molecule has 9 nitrogen and oxygen atoms in total. The van der Waals surface area contributed by atoms with E-state index < -0.39 is 10.8 Å². The number of nitrogens with one attached hydrogen (secondary N) is 2. The lowest BCUT2D eigenvalue weighted by atomic mass is 9.95. The van der Waals surface area contributed by atoms with Crippen LogP contribution in [0.1, 0.15) is 36.1 Å². The maximum Gasteiger partial charge on any atom is 0.223 e. The van der Waals surface area contributed by atoms with Crippen molar-refractivity contribution in [3.8, 4) is 11.9 Å². The molecule has 1 fully saturated rings. The summed E-state index contributed by atoms with van der Waals surface area (Å²) in [4.78, 5) is 11.4. The largest absolute Gasteiger partial charge is 0.469 e. The highest BCUT2D eigenvalue weighted by Crippen LogP contribution is 2.43. The van der Waals surface area contributed by atoms with E-state index in [1.165, 1.54) is 6.92 Å². The number of aromatic amines is 1. The Balaban J connectivity index is 0.000000821. The molecule has 0 spiro atoms. The molecule has 2 N–H and O–H groups in total. The van der Waals surface area contributed by atoms with Gasteiger partial charge in [0.25, 0.3) is 0 Å². The molecule has 0 radical (unpaired) electrons. The number of fused-ring (bicyclic) bond motifs is 2. The number of halogens is 1. The first-order valence-electron chi connectivity index (χ1n) is 10.7. The molecule has 2 aliphatic rings. The Hall–Kier alpha value is -2.74. The Labute approximate surface area is 200 Å². The lowest BCUT2D eigenvalue weighted by molar-refractivity contribution is 0.167. The second kappa shape index (κ2) is 10.0. The van der Waals surface area contributed by atoms with Crippen molar-refractivity contribution in [1.82, 2.24) is 25.5 Å². The molecule has 3 aromatic rings. The van der Waals surface area contributed by atoms with Crippen LogP contribution in [0.5, 0.6) is 5.88 Å². The monoisotopic (exact) mass is 487 g/mol. The molecule has 2 aromatic heterocycles. The fraction of sp³-hybridized carbons (Fsp3) is 0.455. The first-order chi connectivity index (χ1) is 15.9. The minimum Gasteiger partial charge on any atom is -0.469 e. The summed E-state index contributed by atoms with van der Waals surface area (Å²) in [5.74, 6) is 1.35. The molecule has 2 aliphatic heterocycles. The number of aromatic nitrogens is 4. The van der Waals surface area contributed by atoms with Crippen molar-refractivity contribution in [2.45, 2.75) is 37.9 Å². The molecule has 0 saturated carbocycles. The Morgan fingerprint density at radius 2 is 2.06 bits per heavy atom. The molecule has 4 heterocycles. The molecule has 5 rings (SSSR count). The van der Waals surface area contributed by atoms with Crippen LogP contribution in [0, 0.1) is 18.3 Å². The Morgan fingerprint density at radius 1 is 1.33 bits per heavy atom. The van der Waals surface area contributed by atoms with E-state index >= 15 is 0 Å². The molecule has 0 aliphatic carbocycles. The zero-order valence-corrected chi connectivity index (χ0v) is 20.4. The maximum atomic E-state index is 12.2. The van der Waals surface area contributed by atoms with Gasteiger partial charge in [-0.15, -0.1) is 0 Å². The number of H-pyrrole nitrogens is 1. The predicted molar refractivity (Wildman–Crippen MR) is 128 cm³/mol. The summed E-state index contributed by atoms with van der Waals surface area (Å²) in [6.45, 7) is 6.89. The molecule has 11 heteroatoms. The number of benzene rings is 1. The van der Waals surface area contributed by atoms with Crippen LogP contribution in [0.3, 0.4) is 0 Å². The number of hydrogen-bond acceptors (Lipinski definition) is 8. The van der Waals surface area contributed by atoms with Crippen LogP contribution in [-0.4, -0.2) is 56.8 Å². The van der Waals surface area contributed by atoms with Gasteiger partial charge >= 0.3 is 0 Å². The Morgan fingerprint density at radius 3 is 2.76 bits per heavy atom. The normalized spacial score (nSPS) is 18.5. The van der Waals surface area contributed by atoms with Crippen LogP contribution in [-0.2, 0) is 17.2 Å². The van der Waals surface area contributed by atoms with Gasteiger partial charge < -0.3 is 15.0 Å². The third-order valence-corrected chi connectivity index (χ3v) is 6.93. The Kier molecular flexibility index (Phi) is 7.12. The minimum atomic E-state index is -1.31. The molecule has 174 valence electrons. The summed E-state index contributed by atoms with van der Waals surface area (Å²) >= 11 is 6.71. The van der Waals surface area contributed by atoms with Crippen molar-refractivity contribution >= 4 is 39.1 Å². The highest BCUT2D eigenvalue weighted by molar-refractivity contribution is 7.84. The van der Waals surface area contributed by atoms with Gasteiger partial charge in [0.05, 0.1) is 39.2 Å². The molecule has 33 heavy (non-hydrogen) atoms. The molecular formula is C22H26ClN7O2S. The number of nitriles is 1. The molecule has 1 saturated heterocycles. The van der Waals surface area contributed by atoms with Crippen LogP contribution in [0.4, 0.5) is 5.82 Å². The number of aryl methyl sites for hydroxylation is 1. The molecule has 2 unspecified atom stereocenters. The van der Waals surface area contributed by atoms with E-state index in [1.54, 1.807) is 18.5 Å². The highest BCUT2D eigenvalue weighted by Gasteiger charge is 2.32. The lowest BCUT2D eigenvalue weighted by Crippen LogP contribution is -2.44. The first kappa shape index (κ1) is 23.4. The van der Waals surface area contributed by atoms with E-state index in [0.29, 0.717) is 16.1 Å². The number of piperazine rings is 1. The summed E-state index contributed by atoms with van der Waals surface area (Å²) in [6, 6.07) is 3.74. The fourth-order valence-corrected chi connectivity index (χ4v) is 4.94. The van der Waals surface area contributed by atoms with Gasteiger partial charge in [-0.2, -0.15) is 15.3 Å². The quantitative estimate of drug-likeness (QED) is 0.541. The fourth-order valence-electron chi connectivity index (χ4n) is 4.23. The van der Waals surface area contributed by atoms with E-state index in [4.69, 9.17) is 21.6 Å². The zero-order valence-electron chi connectivity index (χ0n) is 18.8. The smallest absolute Gasteiger partial charge is 0.223 e. The average molecular weight is 488 g/mol. The molecule has 0 amide bonds. The van der Waals surface area contributed by atoms with Gasteiger partial charge in [-0.25, -0.2) is 4.98 Å². The summed E-state index contributed by atoms with van der Waals surface area (Å²) < 4.78 is 18.6. The van der Waals surface area contributed by atoms with Crippen molar-refractivity contribution < 1.29 is 8.95 Å². The molecule has 0 bridgehead atoms. The molecular weight excluding hydrogens is 462 g/mol. The first-order valence-corrected chi connectivity index (χ1v) is 12.7. The maximum absolute atomic E-state index is 12.2. The van der Waals surface area contributed by atoms with Crippen LogP contribution >= 0.6 is 11.6 Å². The number of rotatable bonds is 3. The van der Waals surface area contributed by atoms with Gasteiger partial charge in [-0.1, -0.05) is 11.6 Å². The van der Waals surface area contributed by atoms with Crippen LogP contribution in [0.25, 0.3) is 10.9 Å². The molecule has 2 atom stereocenters. The van der Waals surface area contributed by atoms with E-state index in [-0.39, 0.29) is 6.10 Å². The van der Waals surface area contributed by atoms with Gasteiger partial charge in [-0.05, 0) is 31.4 Å². The summed E-state index contributed by atoms with van der Waals surface area (Å²) in [7, 11) is -1.31. The van der Waals surface area contributed by atoms with Crippen LogP contribution < -0.4 is 15.0 Å².